The fourth-order valence-electron chi connectivity index (χ4n) is 2.65. The lowest BCUT2D eigenvalue weighted by Crippen LogP contribution is -2.46. The van der Waals surface area contributed by atoms with E-state index < -0.39 is 12.2 Å². The molecular weight excluding hydrogens is 303 g/mol. The van der Waals surface area contributed by atoms with E-state index in [0.29, 0.717) is 23.7 Å². The van der Waals surface area contributed by atoms with Crippen molar-refractivity contribution in [3.05, 3.63) is 11.1 Å². The van der Waals surface area contributed by atoms with Crippen molar-refractivity contribution in [1.29, 1.82) is 0 Å². The van der Waals surface area contributed by atoms with Gasteiger partial charge < -0.3 is 10.6 Å². The molecule has 0 aromatic carbocycles. The van der Waals surface area contributed by atoms with Gasteiger partial charge in [-0.1, -0.05) is 12.8 Å². The molecule has 1 amide bonds. The quantitative estimate of drug-likeness (QED) is 0.875. The van der Waals surface area contributed by atoms with Crippen LogP contribution in [0.2, 0.25) is 0 Å². The van der Waals surface area contributed by atoms with Gasteiger partial charge in [-0.2, -0.15) is 13.2 Å². The predicted molar refractivity (Wildman–Crippen MR) is 75.1 cm³/mol. The highest BCUT2D eigenvalue weighted by Crippen LogP contribution is 2.35. The number of halogens is 3. The van der Waals surface area contributed by atoms with Crippen molar-refractivity contribution in [3.63, 3.8) is 0 Å². The number of alkyl halides is 3. The van der Waals surface area contributed by atoms with Crippen LogP contribution in [0.5, 0.6) is 0 Å². The number of nitrogens with one attached hydrogen (secondary N) is 2. The molecule has 8 heteroatoms. The van der Waals surface area contributed by atoms with Gasteiger partial charge in [0.2, 0.25) is 5.91 Å². The number of hydrogen-bond acceptors (Lipinski definition) is 4. The molecule has 2 rings (SSSR count). The molecule has 2 N–H and O–H groups in total. The lowest BCUT2D eigenvalue weighted by molar-refractivity contribution is -0.168. The van der Waals surface area contributed by atoms with Crippen LogP contribution in [0.4, 0.5) is 18.3 Å². The predicted octanol–water partition coefficient (Wildman–Crippen LogP) is 3.31. The first-order valence-corrected chi connectivity index (χ1v) is 7.76. The zero-order chi connectivity index (χ0) is 15.5. The van der Waals surface area contributed by atoms with Crippen molar-refractivity contribution in [3.8, 4) is 0 Å². The number of amides is 1. The number of anilines is 1. The molecule has 1 aliphatic rings. The van der Waals surface area contributed by atoms with E-state index in [2.05, 4.69) is 15.6 Å². The molecule has 1 heterocycles. The summed E-state index contributed by atoms with van der Waals surface area (Å²) in [7, 11) is 0. The van der Waals surface area contributed by atoms with Gasteiger partial charge in [-0.05, 0) is 18.8 Å². The second kappa shape index (κ2) is 6.74. The molecule has 4 nitrogen and oxygen atoms in total. The summed E-state index contributed by atoms with van der Waals surface area (Å²) in [5, 5.41) is 7.17. The van der Waals surface area contributed by atoms with Gasteiger partial charge in [-0.25, -0.2) is 4.98 Å². The number of carbonyl (C=O) groups excluding carboxylic acids is 1. The zero-order valence-corrected chi connectivity index (χ0v) is 12.5. The summed E-state index contributed by atoms with van der Waals surface area (Å²) >= 11 is 1.20. The maximum Gasteiger partial charge on any atom is 0.404 e. The van der Waals surface area contributed by atoms with Gasteiger partial charge in [0.15, 0.2) is 5.13 Å². The van der Waals surface area contributed by atoms with Crippen LogP contribution in [-0.4, -0.2) is 23.1 Å². The lowest BCUT2D eigenvalue weighted by Gasteiger charge is -2.26. The van der Waals surface area contributed by atoms with Crippen LogP contribution in [0.25, 0.3) is 0 Å². The number of carbonyl (C=O) groups is 1. The summed E-state index contributed by atoms with van der Waals surface area (Å²) in [5.74, 6) is -0.596. The van der Waals surface area contributed by atoms with Crippen molar-refractivity contribution < 1.29 is 18.0 Å². The van der Waals surface area contributed by atoms with Gasteiger partial charge in [0.25, 0.3) is 0 Å². The number of thiazole rings is 1. The van der Waals surface area contributed by atoms with Gasteiger partial charge in [0.05, 0.1) is 5.69 Å². The normalized spacial score (nSPS) is 17.9. The second-order valence-corrected chi connectivity index (χ2v) is 6.13. The van der Waals surface area contributed by atoms with Gasteiger partial charge in [0, 0.05) is 18.8 Å². The van der Waals surface area contributed by atoms with Crippen LogP contribution in [0, 0.1) is 5.92 Å². The average molecular weight is 321 g/mol. The summed E-state index contributed by atoms with van der Waals surface area (Å²) in [5.41, 5.74) is 0.510. The maximum absolute atomic E-state index is 13.1. The topological polar surface area (TPSA) is 54.0 Å². The van der Waals surface area contributed by atoms with Crippen molar-refractivity contribution in [1.82, 2.24) is 10.3 Å². The molecule has 0 saturated heterocycles. The Kier molecular flexibility index (Phi) is 5.21. The second-order valence-electron chi connectivity index (χ2n) is 5.27. The third-order valence-corrected chi connectivity index (χ3v) is 4.37. The van der Waals surface area contributed by atoms with E-state index in [-0.39, 0.29) is 18.4 Å². The van der Waals surface area contributed by atoms with E-state index in [9.17, 15) is 18.0 Å². The molecule has 0 bridgehead atoms. The Hall–Kier alpha value is -1.15. The van der Waals surface area contributed by atoms with Crippen molar-refractivity contribution in [2.24, 2.45) is 5.92 Å². The largest absolute Gasteiger partial charge is 0.404 e. The molecule has 1 aromatic heterocycles. The van der Waals surface area contributed by atoms with E-state index in [0.717, 1.165) is 12.8 Å². The average Bonchev–Trinajstić information content (AvgIpc) is 2.99. The van der Waals surface area contributed by atoms with Crippen LogP contribution < -0.4 is 10.6 Å². The van der Waals surface area contributed by atoms with Crippen molar-refractivity contribution >= 4 is 22.4 Å². The Balaban J connectivity index is 1.95. The first-order valence-electron chi connectivity index (χ1n) is 6.88. The monoisotopic (exact) mass is 321 g/mol. The van der Waals surface area contributed by atoms with Gasteiger partial charge in [-0.3, -0.25) is 4.79 Å². The van der Waals surface area contributed by atoms with Gasteiger partial charge >= 0.3 is 6.18 Å². The van der Waals surface area contributed by atoms with Crippen molar-refractivity contribution in [2.45, 2.75) is 51.4 Å². The van der Waals surface area contributed by atoms with Gasteiger partial charge in [-0.15, -0.1) is 11.3 Å². The summed E-state index contributed by atoms with van der Waals surface area (Å²) in [4.78, 5) is 15.0. The number of hydrogen-bond donors (Lipinski definition) is 2. The number of rotatable bonds is 5. The number of aromatic nitrogens is 1. The van der Waals surface area contributed by atoms with E-state index >= 15 is 0 Å². The molecule has 1 fully saturated rings. The molecule has 1 saturated carbocycles. The Morgan fingerprint density at radius 2 is 2.14 bits per heavy atom. The van der Waals surface area contributed by atoms with Crippen LogP contribution in [0.1, 0.15) is 38.3 Å². The van der Waals surface area contributed by atoms with Crippen molar-refractivity contribution in [2.75, 3.05) is 5.32 Å². The fraction of sp³-hybridized carbons (Fsp3) is 0.692. The minimum atomic E-state index is -4.24. The Morgan fingerprint density at radius 1 is 1.48 bits per heavy atom. The Bertz CT molecular complexity index is 483. The van der Waals surface area contributed by atoms with E-state index in [1.165, 1.54) is 18.3 Å². The number of nitrogens with zero attached hydrogens (tertiary/aromatic N) is 1. The van der Waals surface area contributed by atoms with Crippen LogP contribution in [-0.2, 0) is 11.3 Å². The molecule has 0 aliphatic heterocycles. The molecule has 118 valence electrons. The molecular formula is C13H18F3N3OS. The highest BCUT2D eigenvalue weighted by Gasteiger charge is 2.44. The molecule has 0 radical (unpaired) electrons. The summed E-state index contributed by atoms with van der Waals surface area (Å²) in [6.45, 7) is 1.41. The SMILES string of the molecule is CC(=O)Nc1nc(CNC(C2CCCC2)C(F)(F)F)cs1. The van der Waals surface area contributed by atoms with Crippen LogP contribution >= 0.6 is 11.3 Å². The molecule has 21 heavy (non-hydrogen) atoms. The summed E-state index contributed by atoms with van der Waals surface area (Å²) in [6, 6.07) is -1.48. The summed E-state index contributed by atoms with van der Waals surface area (Å²) in [6.07, 6.45) is -1.28. The Morgan fingerprint density at radius 3 is 2.71 bits per heavy atom. The smallest absolute Gasteiger partial charge is 0.302 e. The molecule has 0 spiro atoms. The van der Waals surface area contributed by atoms with Crippen LogP contribution in [0.15, 0.2) is 5.38 Å². The minimum Gasteiger partial charge on any atom is -0.302 e. The standard InChI is InChI=1S/C13H18F3N3OS/c1-8(20)18-12-19-10(7-21-12)6-17-11(13(14,15)16)9-4-2-3-5-9/h7,9,11,17H,2-6H2,1H3,(H,18,19,20). The molecule has 1 atom stereocenters. The van der Waals surface area contributed by atoms with Gasteiger partial charge in [0.1, 0.15) is 6.04 Å². The lowest BCUT2D eigenvalue weighted by atomic mass is 9.97. The molecule has 1 aliphatic carbocycles. The zero-order valence-electron chi connectivity index (χ0n) is 11.7. The first-order chi connectivity index (χ1) is 9.86. The van der Waals surface area contributed by atoms with E-state index in [1.807, 2.05) is 0 Å². The van der Waals surface area contributed by atoms with Crippen LogP contribution in [0.3, 0.4) is 0 Å². The minimum absolute atomic E-state index is 0.0523. The highest BCUT2D eigenvalue weighted by molar-refractivity contribution is 7.13. The highest BCUT2D eigenvalue weighted by atomic mass is 32.1. The Labute approximate surface area is 125 Å². The molecule has 1 aromatic rings. The fourth-order valence-corrected chi connectivity index (χ4v) is 3.41. The maximum atomic E-state index is 13.1. The third kappa shape index (κ3) is 4.67. The third-order valence-electron chi connectivity index (χ3n) is 3.56. The molecule has 1 unspecified atom stereocenters. The first kappa shape index (κ1) is 16.2. The van der Waals surface area contributed by atoms with E-state index in [1.54, 1.807) is 5.38 Å². The van der Waals surface area contributed by atoms with E-state index in [4.69, 9.17) is 0 Å². The summed E-state index contributed by atoms with van der Waals surface area (Å²) < 4.78 is 39.3.